The van der Waals surface area contributed by atoms with E-state index in [4.69, 9.17) is 4.98 Å². The number of pyridine rings is 1. The molecular weight excluding hydrogens is 494 g/mol. The van der Waals surface area contributed by atoms with Crippen molar-refractivity contribution in [2.24, 2.45) is 5.41 Å². The van der Waals surface area contributed by atoms with Gasteiger partial charge in [0.1, 0.15) is 11.5 Å². The Labute approximate surface area is 228 Å². The third-order valence-electron chi connectivity index (χ3n) is 7.79. The molecule has 0 saturated carbocycles. The van der Waals surface area contributed by atoms with E-state index >= 15 is 0 Å². The number of carbonyl (C=O) groups excluding carboxylic acids is 2. The minimum absolute atomic E-state index is 0.0449. The van der Waals surface area contributed by atoms with Crippen LogP contribution in [0.5, 0.6) is 0 Å². The largest absolute Gasteiger partial charge is 0.478 e. The number of amides is 1. The number of hydrogen-bond donors (Lipinski definition) is 2. The molecule has 1 aromatic carbocycles. The predicted molar refractivity (Wildman–Crippen MR) is 148 cm³/mol. The number of carboxylic acids is 1. The molecule has 39 heavy (non-hydrogen) atoms. The number of rotatable bonds is 6. The molecule has 9 heteroatoms. The van der Waals surface area contributed by atoms with Gasteiger partial charge in [0.15, 0.2) is 5.78 Å². The van der Waals surface area contributed by atoms with Gasteiger partial charge in [0.25, 0.3) is 5.91 Å². The number of ketones is 1. The van der Waals surface area contributed by atoms with Crippen LogP contribution in [0.1, 0.15) is 89.8 Å². The summed E-state index contributed by atoms with van der Waals surface area (Å²) in [4.78, 5) is 44.9. The van der Waals surface area contributed by atoms with Crippen molar-refractivity contribution in [2.45, 2.75) is 65.5 Å². The summed E-state index contributed by atoms with van der Waals surface area (Å²) in [6.07, 6.45) is 4.67. The third kappa shape index (κ3) is 5.17. The zero-order valence-electron chi connectivity index (χ0n) is 22.9. The van der Waals surface area contributed by atoms with Crippen LogP contribution in [0.25, 0.3) is 11.3 Å². The highest BCUT2D eigenvalue weighted by Crippen LogP contribution is 2.44. The number of piperidine rings is 1. The van der Waals surface area contributed by atoms with Crippen LogP contribution >= 0.6 is 0 Å². The first-order chi connectivity index (χ1) is 18.6. The molecule has 1 saturated heterocycles. The molecule has 1 aliphatic heterocycles. The minimum Gasteiger partial charge on any atom is -0.478 e. The third-order valence-corrected chi connectivity index (χ3v) is 7.79. The van der Waals surface area contributed by atoms with Crippen molar-refractivity contribution in [3.05, 3.63) is 65.0 Å². The molecule has 3 heterocycles. The Balaban J connectivity index is 1.35. The van der Waals surface area contributed by atoms with Gasteiger partial charge in [-0.15, -0.1) is 0 Å². The second-order valence-electron chi connectivity index (χ2n) is 11.4. The highest BCUT2D eigenvalue weighted by molar-refractivity contribution is 6.00. The molecule has 2 aromatic heterocycles. The lowest BCUT2D eigenvalue weighted by Gasteiger charge is -2.43. The lowest BCUT2D eigenvalue weighted by molar-refractivity contribution is 0.0517. The van der Waals surface area contributed by atoms with E-state index in [2.05, 4.69) is 10.4 Å². The topological polar surface area (TPSA) is 117 Å². The van der Waals surface area contributed by atoms with Crippen molar-refractivity contribution in [2.75, 3.05) is 18.4 Å². The monoisotopic (exact) mass is 529 g/mol. The maximum absolute atomic E-state index is 13.7. The van der Waals surface area contributed by atoms with E-state index in [0.29, 0.717) is 42.1 Å². The molecule has 1 spiro atoms. The molecule has 204 valence electrons. The molecule has 1 fully saturated rings. The summed E-state index contributed by atoms with van der Waals surface area (Å²) >= 11 is 0. The number of fused-ring (bicyclic) bond motifs is 1. The Bertz CT molecular complexity index is 1430. The van der Waals surface area contributed by atoms with E-state index in [-0.39, 0.29) is 34.8 Å². The van der Waals surface area contributed by atoms with Crippen LogP contribution < -0.4 is 5.32 Å². The van der Waals surface area contributed by atoms with Gasteiger partial charge in [0.2, 0.25) is 0 Å². The molecule has 0 bridgehead atoms. The molecule has 0 radical (unpaired) electrons. The summed E-state index contributed by atoms with van der Waals surface area (Å²) in [7, 11) is 0. The number of carbonyl (C=O) groups is 3. The Hall–Kier alpha value is -4.01. The van der Waals surface area contributed by atoms with Crippen LogP contribution in [0, 0.1) is 5.41 Å². The van der Waals surface area contributed by atoms with E-state index in [1.165, 1.54) is 6.07 Å². The van der Waals surface area contributed by atoms with Crippen LogP contribution in [0.3, 0.4) is 0 Å². The highest BCUT2D eigenvalue weighted by atomic mass is 16.4. The fourth-order valence-corrected chi connectivity index (χ4v) is 5.81. The molecule has 9 nitrogen and oxygen atoms in total. The molecule has 3 aromatic rings. The van der Waals surface area contributed by atoms with Gasteiger partial charge in [0, 0.05) is 42.7 Å². The summed E-state index contributed by atoms with van der Waals surface area (Å²) in [5, 5.41) is 17.1. The number of Topliss-reactive ketones (excluding diaryl/α,β-unsaturated/α-hetero) is 1. The number of nitrogens with zero attached hydrogens (tertiary/aromatic N) is 4. The first-order valence-corrected chi connectivity index (χ1v) is 13.6. The summed E-state index contributed by atoms with van der Waals surface area (Å²) < 4.78 is 1.83. The van der Waals surface area contributed by atoms with Gasteiger partial charge in [0.05, 0.1) is 23.0 Å². The number of hydrogen-bond acceptors (Lipinski definition) is 6. The number of benzene rings is 1. The number of anilines is 1. The van der Waals surface area contributed by atoms with Crippen LogP contribution in [0.2, 0.25) is 0 Å². The minimum atomic E-state index is -1.00. The highest BCUT2D eigenvalue weighted by Gasteiger charge is 2.43. The van der Waals surface area contributed by atoms with Gasteiger partial charge in [-0.1, -0.05) is 12.1 Å². The number of nitrogens with one attached hydrogen (secondary N) is 1. The molecule has 5 rings (SSSR count). The summed E-state index contributed by atoms with van der Waals surface area (Å²) in [5.74, 6) is -0.469. The summed E-state index contributed by atoms with van der Waals surface area (Å²) in [6, 6.07) is 10.3. The van der Waals surface area contributed by atoms with Crippen molar-refractivity contribution in [1.82, 2.24) is 19.7 Å². The summed E-state index contributed by atoms with van der Waals surface area (Å²) in [5.41, 5.74) is 3.56. The molecule has 0 atom stereocenters. The van der Waals surface area contributed by atoms with Crippen LogP contribution in [-0.2, 0) is 6.42 Å². The Morgan fingerprint density at radius 1 is 1.05 bits per heavy atom. The van der Waals surface area contributed by atoms with E-state index in [0.717, 1.165) is 30.5 Å². The zero-order valence-corrected chi connectivity index (χ0v) is 22.9. The van der Waals surface area contributed by atoms with E-state index in [9.17, 15) is 19.5 Å². The number of carboxylic acid groups (broad SMARTS) is 1. The van der Waals surface area contributed by atoms with E-state index in [1.54, 1.807) is 30.3 Å². The molecule has 2 aliphatic rings. The summed E-state index contributed by atoms with van der Waals surface area (Å²) in [6.45, 7) is 9.17. The van der Waals surface area contributed by atoms with Crippen molar-refractivity contribution in [3.63, 3.8) is 0 Å². The molecule has 0 unspecified atom stereocenters. The smallest absolute Gasteiger partial charge is 0.335 e. The second-order valence-corrected chi connectivity index (χ2v) is 11.4. The number of likely N-dealkylation sites (tertiary alicyclic amines) is 1. The van der Waals surface area contributed by atoms with E-state index in [1.807, 2.05) is 43.5 Å². The van der Waals surface area contributed by atoms with Gasteiger partial charge < -0.3 is 15.3 Å². The van der Waals surface area contributed by atoms with Crippen molar-refractivity contribution in [3.8, 4) is 11.3 Å². The number of aromatic carboxylic acids is 1. The Morgan fingerprint density at radius 3 is 2.46 bits per heavy atom. The first-order valence-electron chi connectivity index (χ1n) is 13.6. The maximum Gasteiger partial charge on any atom is 0.335 e. The first kappa shape index (κ1) is 26.6. The fraction of sp³-hybridized carbons (Fsp3) is 0.433. The van der Waals surface area contributed by atoms with Crippen LogP contribution in [-0.4, -0.2) is 61.6 Å². The quantitative estimate of drug-likeness (QED) is 0.456. The predicted octanol–water partition coefficient (Wildman–Crippen LogP) is 5.10. The van der Waals surface area contributed by atoms with Crippen molar-refractivity contribution >= 4 is 23.5 Å². The zero-order chi connectivity index (χ0) is 27.9. The average molecular weight is 530 g/mol. The SMILES string of the molecule is CC(C)Nc1nc(-c2cccc(C(=O)O)c2)ccc1C(=O)N1CCC2(CC1)CC(=O)c1c(cnn1C(C)C)C2. The normalized spacial score (nSPS) is 16.6. The lowest BCUT2D eigenvalue weighted by atomic mass is 9.67. The number of aromatic nitrogens is 3. The Kier molecular flexibility index (Phi) is 7.01. The van der Waals surface area contributed by atoms with Gasteiger partial charge >= 0.3 is 5.97 Å². The molecule has 1 aliphatic carbocycles. The average Bonchev–Trinajstić information content (AvgIpc) is 3.33. The van der Waals surface area contributed by atoms with Gasteiger partial charge in [-0.25, -0.2) is 9.78 Å². The van der Waals surface area contributed by atoms with E-state index < -0.39 is 5.97 Å². The van der Waals surface area contributed by atoms with Gasteiger partial charge in [-0.05, 0) is 76.6 Å². The van der Waals surface area contributed by atoms with Crippen molar-refractivity contribution in [1.29, 1.82) is 0 Å². The van der Waals surface area contributed by atoms with Crippen molar-refractivity contribution < 1.29 is 19.5 Å². The standard InChI is InChI=1S/C30H35N5O4/c1-18(2)32-27-23(8-9-24(33-27)20-6-5-7-21(14-20)29(38)39)28(37)34-12-10-30(11-13-34)15-22-17-31-35(19(3)4)26(22)25(36)16-30/h5-9,14,17-19H,10-13,15-16H2,1-4H3,(H,32,33)(H,38,39). The maximum atomic E-state index is 13.7. The molecular formula is C30H35N5O4. The second kappa shape index (κ2) is 10.3. The molecule has 1 amide bonds. The lowest BCUT2D eigenvalue weighted by Crippen LogP contribution is -2.46. The fourth-order valence-electron chi connectivity index (χ4n) is 5.81. The van der Waals surface area contributed by atoms with Gasteiger partial charge in [-0.3, -0.25) is 14.3 Å². The van der Waals surface area contributed by atoms with Crippen LogP contribution in [0.4, 0.5) is 5.82 Å². The van der Waals surface area contributed by atoms with Gasteiger partial charge in [-0.2, -0.15) is 5.10 Å². The van der Waals surface area contributed by atoms with Crippen LogP contribution in [0.15, 0.2) is 42.6 Å². The Morgan fingerprint density at radius 2 is 1.79 bits per heavy atom. The molecule has 2 N–H and O–H groups in total.